The highest BCUT2D eigenvalue weighted by Gasteiger charge is 2.31. The Labute approximate surface area is 146 Å². The number of nitrogens with zero attached hydrogens (tertiary/aromatic N) is 3. The summed E-state index contributed by atoms with van der Waals surface area (Å²) in [6, 6.07) is 6.46. The van der Waals surface area contributed by atoms with E-state index in [0.717, 1.165) is 11.3 Å². The summed E-state index contributed by atoms with van der Waals surface area (Å²) in [6.07, 6.45) is 2.45. The third-order valence-electron chi connectivity index (χ3n) is 4.30. The van der Waals surface area contributed by atoms with Crippen molar-refractivity contribution in [2.24, 2.45) is 0 Å². The maximum absolute atomic E-state index is 11.9. The zero-order valence-electron chi connectivity index (χ0n) is 14.3. The fraction of sp³-hybridized carbons (Fsp3) is 0.389. The molecule has 0 fully saturated rings. The van der Waals surface area contributed by atoms with Crippen LogP contribution in [0.2, 0.25) is 0 Å². The van der Waals surface area contributed by atoms with Crippen LogP contribution >= 0.6 is 0 Å². The van der Waals surface area contributed by atoms with E-state index in [2.05, 4.69) is 9.97 Å². The Bertz CT molecular complexity index is 766. The van der Waals surface area contributed by atoms with Gasteiger partial charge in [-0.15, -0.1) is 0 Å². The number of fused-ring (bicyclic) bond motifs is 1. The van der Waals surface area contributed by atoms with E-state index in [1.54, 1.807) is 32.5 Å². The van der Waals surface area contributed by atoms with Gasteiger partial charge < -0.3 is 14.6 Å². The molecule has 7 nitrogen and oxygen atoms in total. The van der Waals surface area contributed by atoms with E-state index in [9.17, 15) is 9.90 Å². The minimum atomic E-state index is -0.881. The Morgan fingerprint density at radius 2 is 2.24 bits per heavy atom. The molecule has 2 aromatic rings. The summed E-state index contributed by atoms with van der Waals surface area (Å²) >= 11 is 0. The summed E-state index contributed by atoms with van der Waals surface area (Å²) in [5, 5.41) is 9.77. The lowest BCUT2D eigenvalue weighted by atomic mass is 10.00. The van der Waals surface area contributed by atoms with Crippen LogP contribution in [-0.4, -0.2) is 46.7 Å². The summed E-state index contributed by atoms with van der Waals surface area (Å²) in [6.45, 7) is 1.49. The smallest absolute Gasteiger partial charge is 0.325 e. The Kier molecular flexibility index (Phi) is 5.25. The number of aliphatic carboxylic acids is 1. The summed E-state index contributed by atoms with van der Waals surface area (Å²) in [7, 11) is 3.18. The number of carboxylic acid groups (broad SMARTS) is 1. The average molecular weight is 343 g/mol. The van der Waals surface area contributed by atoms with E-state index in [1.165, 1.54) is 0 Å². The zero-order chi connectivity index (χ0) is 17.8. The molecular weight excluding hydrogens is 322 g/mol. The third kappa shape index (κ3) is 3.78. The fourth-order valence-electron chi connectivity index (χ4n) is 3.12. The first kappa shape index (κ1) is 17.3. The maximum Gasteiger partial charge on any atom is 0.325 e. The highest BCUT2D eigenvalue weighted by molar-refractivity contribution is 5.75. The molecule has 1 N–H and O–H groups in total. The van der Waals surface area contributed by atoms with Crippen LogP contribution in [0.25, 0.3) is 0 Å². The van der Waals surface area contributed by atoms with Crippen LogP contribution in [0.5, 0.6) is 5.75 Å². The van der Waals surface area contributed by atoms with E-state index in [1.807, 2.05) is 17.0 Å². The van der Waals surface area contributed by atoms with Gasteiger partial charge in [-0.3, -0.25) is 9.69 Å². The van der Waals surface area contributed by atoms with Gasteiger partial charge in [-0.25, -0.2) is 9.97 Å². The molecule has 132 valence electrons. The Hall–Kier alpha value is -2.51. The van der Waals surface area contributed by atoms with Crippen LogP contribution in [0.15, 0.2) is 30.5 Å². The highest BCUT2D eigenvalue weighted by Crippen LogP contribution is 2.29. The molecule has 0 spiro atoms. The molecule has 1 aromatic carbocycles. The lowest BCUT2D eigenvalue weighted by Crippen LogP contribution is -2.38. The van der Waals surface area contributed by atoms with Gasteiger partial charge in [-0.2, -0.15) is 0 Å². The molecule has 25 heavy (non-hydrogen) atoms. The van der Waals surface area contributed by atoms with Crippen molar-refractivity contribution in [2.45, 2.75) is 25.6 Å². The number of methoxy groups -OCH3 is 2. The lowest BCUT2D eigenvalue weighted by Gasteiger charge is -2.33. The highest BCUT2D eigenvalue weighted by atomic mass is 16.5. The fourth-order valence-corrected chi connectivity index (χ4v) is 3.12. The summed E-state index contributed by atoms with van der Waals surface area (Å²) < 4.78 is 10.3. The van der Waals surface area contributed by atoms with Gasteiger partial charge in [0.1, 0.15) is 18.4 Å². The van der Waals surface area contributed by atoms with Gasteiger partial charge in [0.25, 0.3) is 0 Å². The minimum absolute atomic E-state index is 0.374. The van der Waals surface area contributed by atoms with Gasteiger partial charge in [-0.05, 0) is 17.7 Å². The Balaban J connectivity index is 1.85. The average Bonchev–Trinajstić information content (AvgIpc) is 2.62. The number of benzene rings is 1. The molecule has 7 heteroatoms. The number of ether oxygens (including phenoxy) is 2. The SMILES string of the molecule is COCc1ncc2c(n1)CCN(C(C(=O)O)c1cccc(OC)c1)C2. The molecule has 3 rings (SSSR count). The quantitative estimate of drug-likeness (QED) is 0.856. The normalized spacial score (nSPS) is 15.4. The molecule has 1 unspecified atom stereocenters. The first-order valence-electron chi connectivity index (χ1n) is 8.05. The van der Waals surface area contributed by atoms with Crippen molar-refractivity contribution in [2.75, 3.05) is 20.8 Å². The molecule has 0 saturated heterocycles. The number of aromatic nitrogens is 2. The van der Waals surface area contributed by atoms with Crippen LogP contribution in [0.1, 0.15) is 28.7 Å². The Morgan fingerprint density at radius 1 is 1.40 bits per heavy atom. The van der Waals surface area contributed by atoms with Gasteiger partial charge in [0, 0.05) is 44.1 Å². The van der Waals surface area contributed by atoms with Crippen molar-refractivity contribution < 1.29 is 19.4 Å². The second-order valence-corrected chi connectivity index (χ2v) is 5.93. The van der Waals surface area contributed by atoms with Crippen LogP contribution in [0.4, 0.5) is 0 Å². The largest absolute Gasteiger partial charge is 0.497 e. The van der Waals surface area contributed by atoms with E-state index in [4.69, 9.17) is 9.47 Å². The number of rotatable bonds is 6. The molecule has 1 atom stereocenters. The third-order valence-corrected chi connectivity index (χ3v) is 4.30. The Morgan fingerprint density at radius 3 is 2.96 bits per heavy atom. The first-order valence-corrected chi connectivity index (χ1v) is 8.05. The number of carboxylic acids is 1. The van der Waals surface area contributed by atoms with Crippen molar-refractivity contribution in [3.63, 3.8) is 0 Å². The molecule has 2 heterocycles. The van der Waals surface area contributed by atoms with Crippen LogP contribution in [0.3, 0.4) is 0 Å². The van der Waals surface area contributed by atoms with E-state index in [-0.39, 0.29) is 0 Å². The number of hydrogen-bond acceptors (Lipinski definition) is 6. The second kappa shape index (κ2) is 7.58. The molecule has 1 aliphatic rings. The van der Waals surface area contributed by atoms with E-state index >= 15 is 0 Å². The van der Waals surface area contributed by atoms with Gasteiger partial charge >= 0.3 is 5.97 Å². The summed E-state index contributed by atoms with van der Waals surface area (Å²) in [5.41, 5.74) is 2.63. The molecule has 0 amide bonds. The van der Waals surface area contributed by atoms with Gasteiger partial charge in [0.15, 0.2) is 5.82 Å². The zero-order valence-corrected chi connectivity index (χ0v) is 14.3. The standard InChI is InChI=1S/C18H21N3O4/c1-24-11-16-19-9-13-10-21(7-6-15(13)20-16)17(18(22)23)12-4-3-5-14(8-12)25-2/h3-5,8-9,17H,6-7,10-11H2,1-2H3,(H,22,23). The molecule has 0 aliphatic carbocycles. The molecular formula is C18H21N3O4. The van der Waals surface area contributed by atoms with Gasteiger partial charge in [0.2, 0.25) is 0 Å². The monoisotopic (exact) mass is 343 g/mol. The molecule has 0 radical (unpaired) electrons. The van der Waals surface area contributed by atoms with Crippen molar-refractivity contribution >= 4 is 5.97 Å². The van der Waals surface area contributed by atoms with Crippen LogP contribution in [-0.2, 0) is 29.1 Å². The van der Waals surface area contributed by atoms with E-state index < -0.39 is 12.0 Å². The topological polar surface area (TPSA) is 84.8 Å². The summed E-state index contributed by atoms with van der Waals surface area (Å²) in [4.78, 5) is 22.7. The van der Waals surface area contributed by atoms with Crippen molar-refractivity contribution in [3.05, 3.63) is 53.1 Å². The molecule has 1 aromatic heterocycles. The van der Waals surface area contributed by atoms with Gasteiger partial charge in [0.05, 0.1) is 7.11 Å². The van der Waals surface area contributed by atoms with Crippen LogP contribution < -0.4 is 4.74 Å². The number of carbonyl (C=O) groups is 1. The predicted molar refractivity (Wildman–Crippen MR) is 90.2 cm³/mol. The van der Waals surface area contributed by atoms with E-state index in [0.29, 0.717) is 43.3 Å². The van der Waals surface area contributed by atoms with Crippen molar-refractivity contribution in [1.82, 2.24) is 14.9 Å². The van der Waals surface area contributed by atoms with Gasteiger partial charge in [-0.1, -0.05) is 12.1 Å². The molecule has 1 aliphatic heterocycles. The van der Waals surface area contributed by atoms with Crippen LogP contribution in [0, 0.1) is 0 Å². The molecule has 0 saturated carbocycles. The first-order chi connectivity index (χ1) is 12.1. The minimum Gasteiger partial charge on any atom is -0.497 e. The van der Waals surface area contributed by atoms with Crippen molar-refractivity contribution in [3.8, 4) is 5.75 Å². The summed E-state index contributed by atoms with van der Waals surface area (Å²) in [5.74, 6) is 0.416. The lowest BCUT2D eigenvalue weighted by molar-refractivity contribution is -0.144. The maximum atomic E-state index is 11.9. The second-order valence-electron chi connectivity index (χ2n) is 5.93. The van der Waals surface area contributed by atoms with Crippen molar-refractivity contribution in [1.29, 1.82) is 0 Å². The molecule has 0 bridgehead atoms. The number of hydrogen-bond donors (Lipinski definition) is 1. The predicted octanol–water partition coefficient (Wildman–Crippen LogP) is 1.82.